The van der Waals surface area contributed by atoms with Crippen LogP contribution < -0.4 is 16.2 Å². The van der Waals surface area contributed by atoms with Gasteiger partial charge in [-0.15, -0.1) is 0 Å². The molecule has 5 nitrogen and oxygen atoms in total. The highest BCUT2D eigenvalue weighted by atomic mass is 16.5. The molecule has 2 aromatic rings. The molecule has 0 saturated heterocycles. The number of ether oxygens (including phenoxy) is 1. The molecule has 2 rings (SSSR count). The molecule has 4 N–H and O–H groups in total. The van der Waals surface area contributed by atoms with E-state index in [2.05, 4.69) is 18.7 Å². The highest BCUT2D eigenvalue weighted by molar-refractivity contribution is 6.10. The van der Waals surface area contributed by atoms with Crippen molar-refractivity contribution in [3.63, 3.8) is 0 Å². The van der Waals surface area contributed by atoms with Crippen molar-refractivity contribution >= 4 is 17.2 Å². The van der Waals surface area contributed by atoms with E-state index < -0.39 is 0 Å². The Hall–Kier alpha value is -2.53. The van der Waals surface area contributed by atoms with Crippen molar-refractivity contribution in [2.75, 3.05) is 37.7 Å². The molecule has 0 amide bonds. The van der Waals surface area contributed by atoms with E-state index in [0.717, 1.165) is 26.1 Å². The van der Waals surface area contributed by atoms with Crippen molar-refractivity contribution in [2.24, 2.45) is 0 Å². The summed E-state index contributed by atoms with van der Waals surface area (Å²) in [6.45, 7) is 8.46. The molecule has 0 aliphatic carbocycles. The highest BCUT2D eigenvalue weighted by Gasteiger charge is 2.11. The van der Waals surface area contributed by atoms with Gasteiger partial charge in [-0.3, -0.25) is 4.79 Å². The third-order valence-electron chi connectivity index (χ3n) is 4.99. The summed E-state index contributed by atoms with van der Waals surface area (Å²) in [5.74, 6) is 0.625. The van der Waals surface area contributed by atoms with Crippen LogP contribution in [-0.4, -0.2) is 36.9 Å². The standard InChI is InChI=1S/C24H35N3O2/c1-3-5-13-27(14-6-4-2)15-8-16-29-21-10-7-9-19(17-21)24(28)20-11-12-22(25)23(26)18-20/h7,9-12,17-18H,3-6,8,13-16,25-26H2,1-2H3. The van der Waals surface area contributed by atoms with Crippen LogP contribution in [0.5, 0.6) is 5.75 Å². The second kappa shape index (κ2) is 12.1. The van der Waals surface area contributed by atoms with E-state index in [1.807, 2.05) is 12.1 Å². The minimum atomic E-state index is -0.0903. The van der Waals surface area contributed by atoms with E-state index in [1.54, 1.807) is 30.3 Å². The summed E-state index contributed by atoms with van der Waals surface area (Å²) < 4.78 is 5.91. The van der Waals surface area contributed by atoms with Crippen LogP contribution in [0.25, 0.3) is 0 Å². The number of rotatable bonds is 13. The van der Waals surface area contributed by atoms with Gasteiger partial charge in [0.1, 0.15) is 5.75 Å². The minimum Gasteiger partial charge on any atom is -0.494 e. The number of hydrogen-bond donors (Lipinski definition) is 2. The second-order valence-corrected chi connectivity index (χ2v) is 7.45. The Bertz CT molecular complexity index is 768. The maximum atomic E-state index is 12.7. The van der Waals surface area contributed by atoms with E-state index in [4.69, 9.17) is 16.2 Å². The Morgan fingerprint density at radius 3 is 2.17 bits per heavy atom. The summed E-state index contributed by atoms with van der Waals surface area (Å²) >= 11 is 0. The van der Waals surface area contributed by atoms with Crippen LogP contribution in [0.2, 0.25) is 0 Å². The molecule has 0 unspecified atom stereocenters. The fourth-order valence-corrected chi connectivity index (χ4v) is 3.19. The topological polar surface area (TPSA) is 81.6 Å². The van der Waals surface area contributed by atoms with Gasteiger partial charge in [0.2, 0.25) is 0 Å². The third-order valence-corrected chi connectivity index (χ3v) is 4.99. The SMILES string of the molecule is CCCCN(CCCC)CCCOc1cccc(C(=O)c2ccc(N)c(N)c2)c1. The van der Waals surface area contributed by atoms with Gasteiger partial charge in [-0.1, -0.05) is 38.8 Å². The lowest BCUT2D eigenvalue weighted by atomic mass is 10.0. The van der Waals surface area contributed by atoms with Crippen LogP contribution in [0.3, 0.4) is 0 Å². The molecule has 158 valence electrons. The maximum absolute atomic E-state index is 12.7. The van der Waals surface area contributed by atoms with Gasteiger partial charge in [-0.2, -0.15) is 0 Å². The Balaban J connectivity index is 1.89. The molecular formula is C24H35N3O2. The van der Waals surface area contributed by atoms with Crippen molar-refractivity contribution < 1.29 is 9.53 Å². The first kappa shape index (κ1) is 22.8. The fraction of sp³-hybridized carbons (Fsp3) is 0.458. The number of ketones is 1. The smallest absolute Gasteiger partial charge is 0.193 e. The molecule has 0 saturated carbocycles. The first-order valence-electron chi connectivity index (χ1n) is 10.7. The molecule has 0 radical (unpaired) electrons. The van der Waals surface area contributed by atoms with Gasteiger partial charge >= 0.3 is 0 Å². The van der Waals surface area contributed by atoms with Crippen LogP contribution in [0, 0.1) is 0 Å². The molecular weight excluding hydrogens is 362 g/mol. The van der Waals surface area contributed by atoms with Crippen molar-refractivity contribution in [1.82, 2.24) is 4.90 Å². The predicted octanol–water partition coefficient (Wildman–Crippen LogP) is 4.75. The molecule has 0 fully saturated rings. The molecule has 0 atom stereocenters. The lowest BCUT2D eigenvalue weighted by Crippen LogP contribution is -2.28. The van der Waals surface area contributed by atoms with Crippen LogP contribution >= 0.6 is 0 Å². The Morgan fingerprint density at radius 1 is 0.862 bits per heavy atom. The van der Waals surface area contributed by atoms with Gasteiger partial charge < -0.3 is 21.1 Å². The maximum Gasteiger partial charge on any atom is 0.193 e. The number of anilines is 2. The molecule has 0 heterocycles. The average molecular weight is 398 g/mol. The number of unbranched alkanes of at least 4 members (excludes halogenated alkanes) is 2. The van der Waals surface area contributed by atoms with Crippen molar-refractivity contribution in [3.8, 4) is 5.75 Å². The molecule has 0 spiro atoms. The number of hydrogen-bond acceptors (Lipinski definition) is 5. The molecule has 0 aliphatic heterocycles. The average Bonchev–Trinajstić information content (AvgIpc) is 2.74. The van der Waals surface area contributed by atoms with E-state index >= 15 is 0 Å². The summed E-state index contributed by atoms with van der Waals surface area (Å²) in [5.41, 5.74) is 13.6. The van der Waals surface area contributed by atoms with E-state index in [9.17, 15) is 4.79 Å². The van der Waals surface area contributed by atoms with Gasteiger partial charge in [-0.25, -0.2) is 0 Å². The van der Waals surface area contributed by atoms with Crippen molar-refractivity contribution in [2.45, 2.75) is 46.0 Å². The van der Waals surface area contributed by atoms with E-state index in [0.29, 0.717) is 34.9 Å². The van der Waals surface area contributed by atoms with Gasteiger partial charge in [0.25, 0.3) is 0 Å². The number of nitrogens with two attached hydrogens (primary N) is 2. The van der Waals surface area contributed by atoms with Crippen LogP contribution in [0.4, 0.5) is 11.4 Å². The number of carbonyl (C=O) groups excluding carboxylic acids is 1. The molecule has 5 heteroatoms. The highest BCUT2D eigenvalue weighted by Crippen LogP contribution is 2.21. The number of nitrogens with zero attached hydrogens (tertiary/aromatic N) is 1. The lowest BCUT2D eigenvalue weighted by molar-refractivity contribution is 0.103. The summed E-state index contributed by atoms with van der Waals surface area (Å²) in [7, 11) is 0. The molecule has 2 aromatic carbocycles. The summed E-state index contributed by atoms with van der Waals surface area (Å²) in [6, 6.07) is 12.3. The predicted molar refractivity (Wildman–Crippen MR) is 122 cm³/mol. The molecule has 0 aliphatic rings. The summed E-state index contributed by atoms with van der Waals surface area (Å²) in [6.07, 6.45) is 5.90. The third kappa shape index (κ3) is 7.42. The molecule has 0 aromatic heterocycles. The van der Waals surface area contributed by atoms with E-state index in [1.165, 1.54) is 25.7 Å². The van der Waals surface area contributed by atoms with Crippen molar-refractivity contribution in [1.29, 1.82) is 0 Å². The zero-order chi connectivity index (χ0) is 21.1. The van der Waals surface area contributed by atoms with Crippen LogP contribution in [0.1, 0.15) is 61.9 Å². The molecule has 29 heavy (non-hydrogen) atoms. The van der Waals surface area contributed by atoms with Gasteiger partial charge in [0, 0.05) is 17.7 Å². The Morgan fingerprint density at radius 2 is 1.52 bits per heavy atom. The zero-order valence-corrected chi connectivity index (χ0v) is 17.8. The largest absolute Gasteiger partial charge is 0.494 e. The minimum absolute atomic E-state index is 0.0903. The van der Waals surface area contributed by atoms with Crippen LogP contribution in [0.15, 0.2) is 42.5 Å². The monoisotopic (exact) mass is 397 g/mol. The number of nitrogen functional groups attached to an aromatic ring is 2. The quantitative estimate of drug-likeness (QED) is 0.289. The number of carbonyl (C=O) groups is 1. The van der Waals surface area contributed by atoms with Gasteiger partial charge in [-0.05, 0) is 62.7 Å². The first-order chi connectivity index (χ1) is 14.0. The van der Waals surface area contributed by atoms with Gasteiger partial charge in [0.15, 0.2) is 5.78 Å². The zero-order valence-electron chi connectivity index (χ0n) is 17.8. The first-order valence-corrected chi connectivity index (χ1v) is 10.7. The second-order valence-electron chi connectivity index (χ2n) is 7.45. The fourth-order valence-electron chi connectivity index (χ4n) is 3.19. The lowest BCUT2D eigenvalue weighted by Gasteiger charge is -2.21. The van der Waals surface area contributed by atoms with E-state index in [-0.39, 0.29) is 5.78 Å². The van der Waals surface area contributed by atoms with Crippen LogP contribution in [-0.2, 0) is 0 Å². The normalized spacial score (nSPS) is 11.0. The summed E-state index contributed by atoms with van der Waals surface area (Å²) in [4.78, 5) is 15.3. The van der Waals surface area contributed by atoms with Crippen molar-refractivity contribution in [3.05, 3.63) is 53.6 Å². The Kier molecular flexibility index (Phi) is 9.51. The number of benzene rings is 2. The molecule has 0 bridgehead atoms. The Labute approximate surface area is 175 Å². The summed E-state index contributed by atoms with van der Waals surface area (Å²) in [5, 5.41) is 0. The van der Waals surface area contributed by atoms with Gasteiger partial charge in [0.05, 0.1) is 18.0 Å².